The van der Waals surface area contributed by atoms with E-state index in [1.165, 1.54) is 0 Å². The normalized spacial score (nSPS) is 10.7. The van der Waals surface area contributed by atoms with Crippen LogP contribution < -0.4 is 10.6 Å². The first-order chi connectivity index (χ1) is 11.0. The minimum atomic E-state index is -2.54. The van der Waals surface area contributed by atoms with Crippen LogP contribution in [0.4, 0.5) is 20.2 Å². The Morgan fingerprint density at radius 1 is 1.22 bits per heavy atom. The largest absolute Gasteiger partial charge is 0.376 e. The van der Waals surface area contributed by atoms with Gasteiger partial charge in [0.25, 0.3) is 5.76 Å². The minimum Gasteiger partial charge on any atom is -0.376 e. The van der Waals surface area contributed by atoms with Crippen LogP contribution in [0.1, 0.15) is 5.56 Å². The van der Waals surface area contributed by atoms with Crippen LogP contribution in [0.3, 0.4) is 0 Å². The van der Waals surface area contributed by atoms with E-state index in [-0.39, 0.29) is 12.5 Å². The van der Waals surface area contributed by atoms with Gasteiger partial charge in [-0.3, -0.25) is 4.79 Å². The summed E-state index contributed by atoms with van der Waals surface area (Å²) in [6.07, 6.45) is 0. The fourth-order valence-electron chi connectivity index (χ4n) is 1.96. The number of carbonyl (C=O) groups excluding carboxylic acids is 1. The molecule has 1 amide bonds. The lowest BCUT2D eigenvalue weighted by atomic mass is 10.2. The average Bonchev–Trinajstić information content (AvgIpc) is 2.48. The van der Waals surface area contributed by atoms with Gasteiger partial charge in [-0.15, -0.1) is 0 Å². The highest BCUT2D eigenvalue weighted by molar-refractivity contribution is 7.99. The average molecular weight is 357 g/mol. The third kappa shape index (κ3) is 5.41. The van der Waals surface area contributed by atoms with Gasteiger partial charge in [0.2, 0.25) is 5.91 Å². The number of aryl methyl sites for hydroxylation is 1. The Morgan fingerprint density at radius 3 is 2.65 bits per heavy atom. The number of amides is 1. The monoisotopic (exact) mass is 356 g/mol. The number of halogens is 3. The molecule has 2 aromatic rings. The summed E-state index contributed by atoms with van der Waals surface area (Å²) in [5.41, 5.74) is 2.08. The first-order valence-corrected chi connectivity index (χ1v) is 8.05. The number of nitrogens with one attached hydrogen (secondary N) is 2. The number of hydrogen-bond acceptors (Lipinski definition) is 3. The smallest absolute Gasteiger partial charge is 0.288 e. The van der Waals surface area contributed by atoms with Gasteiger partial charge < -0.3 is 10.6 Å². The molecule has 0 aliphatic carbocycles. The molecular formula is C16H15ClF2N2OS. The molecule has 7 heteroatoms. The van der Waals surface area contributed by atoms with Crippen molar-refractivity contribution in [2.45, 2.75) is 17.6 Å². The van der Waals surface area contributed by atoms with E-state index in [0.717, 1.165) is 11.3 Å². The van der Waals surface area contributed by atoms with Crippen molar-refractivity contribution in [2.75, 3.05) is 17.2 Å². The fourth-order valence-corrected chi connectivity index (χ4v) is 2.79. The van der Waals surface area contributed by atoms with Gasteiger partial charge in [0.05, 0.1) is 12.2 Å². The summed E-state index contributed by atoms with van der Waals surface area (Å²) in [7, 11) is 0. The Labute approximate surface area is 142 Å². The first kappa shape index (κ1) is 17.6. The molecule has 0 fully saturated rings. The maximum atomic E-state index is 12.5. The summed E-state index contributed by atoms with van der Waals surface area (Å²) in [5, 5.41) is 6.25. The zero-order chi connectivity index (χ0) is 16.8. The Kier molecular flexibility index (Phi) is 6.24. The highest BCUT2D eigenvalue weighted by atomic mass is 35.5. The lowest BCUT2D eigenvalue weighted by molar-refractivity contribution is -0.114. The Morgan fingerprint density at radius 2 is 1.96 bits per heavy atom. The van der Waals surface area contributed by atoms with E-state index in [1.807, 2.05) is 6.92 Å². The molecular weight excluding hydrogens is 342 g/mol. The standard InChI is InChI=1S/C16H15ClF2N2OS/c1-10-8-11(17)6-7-12(10)20-9-15(22)21-13-4-2-3-5-14(13)23-16(18)19/h2-8,16,20H,9H2,1H3,(H,21,22). The fraction of sp³-hybridized carbons (Fsp3) is 0.188. The predicted octanol–water partition coefficient (Wildman–Crippen LogP) is 5.01. The van der Waals surface area contributed by atoms with Crippen molar-refractivity contribution < 1.29 is 13.6 Å². The van der Waals surface area contributed by atoms with E-state index >= 15 is 0 Å². The van der Waals surface area contributed by atoms with Crippen molar-refractivity contribution in [1.82, 2.24) is 0 Å². The Hall–Kier alpha value is -1.79. The molecule has 0 aliphatic heterocycles. The van der Waals surface area contributed by atoms with Crippen molar-refractivity contribution in [3.8, 4) is 0 Å². The van der Waals surface area contributed by atoms with Crippen molar-refractivity contribution in [3.05, 3.63) is 53.1 Å². The highest BCUT2D eigenvalue weighted by Gasteiger charge is 2.11. The second-order valence-electron chi connectivity index (χ2n) is 4.74. The lowest BCUT2D eigenvalue weighted by Crippen LogP contribution is -2.22. The van der Waals surface area contributed by atoms with E-state index in [4.69, 9.17) is 11.6 Å². The zero-order valence-corrected chi connectivity index (χ0v) is 13.8. The van der Waals surface area contributed by atoms with Gasteiger partial charge in [0.1, 0.15) is 0 Å². The molecule has 2 N–H and O–H groups in total. The van der Waals surface area contributed by atoms with E-state index in [1.54, 1.807) is 42.5 Å². The van der Waals surface area contributed by atoms with E-state index in [0.29, 0.717) is 27.4 Å². The van der Waals surface area contributed by atoms with Gasteiger partial charge in [-0.25, -0.2) is 0 Å². The van der Waals surface area contributed by atoms with E-state index < -0.39 is 5.76 Å². The van der Waals surface area contributed by atoms with Crippen molar-refractivity contribution in [1.29, 1.82) is 0 Å². The molecule has 23 heavy (non-hydrogen) atoms. The van der Waals surface area contributed by atoms with Crippen LogP contribution in [0, 0.1) is 6.92 Å². The lowest BCUT2D eigenvalue weighted by Gasteiger charge is -2.12. The summed E-state index contributed by atoms with van der Waals surface area (Å²) >= 11 is 6.28. The van der Waals surface area contributed by atoms with Crippen molar-refractivity contribution >= 4 is 40.6 Å². The van der Waals surface area contributed by atoms with Crippen LogP contribution in [0.2, 0.25) is 5.02 Å². The Bertz CT molecular complexity index is 698. The molecule has 0 atom stereocenters. The first-order valence-electron chi connectivity index (χ1n) is 6.79. The third-order valence-electron chi connectivity index (χ3n) is 3.01. The SMILES string of the molecule is Cc1cc(Cl)ccc1NCC(=O)Nc1ccccc1SC(F)F. The van der Waals surface area contributed by atoms with Crippen LogP contribution in [0.15, 0.2) is 47.4 Å². The Balaban J connectivity index is 1.97. The summed E-state index contributed by atoms with van der Waals surface area (Å²) < 4.78 is 25.0. The number of rotatable bonds is 6. The second-order valence-corrected chi connectivity index (χ2v) is 6.20. The van der Waals surface area contributed by atoms with Crippen LogP contribution in [0.25, 0.3) is 0 Å². The molecule has 0 bridgehead atoms. The van der Waals surface area contributed by atoms with Gasteiger partial charge in [0.15, 0.2) is 0 Å². The second kappa shape index (κ2) is 8.17. The van der Waals surface area contributed by atoms with Crippen LogP contribution >= 0.6 is 23.4 Å². The topological polar surface area (TPSA) is 41.1 Å². The number of para-hydroxylation sites is 1. The number of alkyl halides is 2. The molecule has 0 heterocycles. The predicted molar refractivity (Wildman–Crippen MR) is 91.6 cm³/mol. The number of carbonyl (C=O) groups is 1. The van der Waals surface area contributed by atoms with Gasteiger partial charge in [-0.1, -0.05) is 35.5 Å². The number of thioether (sulfide) groups is 1. The molecule has 122 valence electrons. The third-order valence-corrected chi connectivity index (χ3v) is 4.03. The highest BCUT2D eigenvalue weighted by Crippen LogP contribution is 2.31. The summed E-state index contributed by atoms with van der Waals surface area (Å²) in [5.74, 6) is -2.86. The summed E-state index contributed by atoms with van der Waals surface area (Å²) in [6, 6.07) is 11.8. The van der Waals surface area contributed by atoms with Crippen molar-refractivity contribution in [3.63, 3.8) is 0 Å². The number of benzene rings is 2. The van der Waals surface area contributed by atoms with Crippen LogP contribution in [-0.2, 0) is 4.79 Å². The number of hydrogen-bond donors (Lipinski definition) is 2. The zero-order valence-electron chi connectivity index (χ0n) is 12.3. The van der Waals surface area contributed by atoms with Gasteiger partial charge >= 0.3 is 0 Å². The quantitative estimate of drug-likeness (QED) is 0.714. The van der Waals surface area contributed by atoms with Gasteiger partial charge in [-0.2, -0.15) is 8.78 Å². The molecule has 0 aliphatic rings. The molecule has 2 rings (SSSR count). The minimum absolute atomic E-state index is 0.0240. The molecule has 2 aromatic carbocycles. The molecule has 0 saturated heterocycles. The molecule has 0 aromatic heterocycles. The van der Waals surface area contributed by atoms with Crippen LogP contribution in [0.5, 0.6) is 0 Å². The maximum absolute atomic E-state index is 12.5. The molecule has 3 nitrogen and oxygen atoms in total. The number of anilines is 2. The van der Waals surface area contributed by atoms with E-state index in [2.05, 4.69) is 10.6 Å². The van der Waals surface area contributed by atoms with E-state index in [9.17, 15) is 13.6 Å². The molecule has 0 saturated carbocycles. The van der Waals surface area contributed by atoms with Crippen LogP contribution in [-0.4, -0.2) is 18.2 Å². The molecule has 0 unspecified atom stereocenters. The maximum Gasteiger partial charge on any atom is 0.288 e. The van der Waals surface area contributed by atoms with Gasteiger partial charge in [-0.05, 0) is 42.8 Å². The summed E-state index contributed by atoms with van der Waals surface area (Å²) in [4.78, 5) is 12.3. The molecule has 0 radical (unpaired) electrons. The summed E-state index contributed by atoms with van der Waals surface area (Å²) in [6.45, 7) is 1.90. The van der Waals surface area contributed by atoms with Gasteiger partial charge in [0, 0.05) is 15.6 Å². The molecule has 0 spiro atoms. The van der Waals surface area contributed by atoms with Crippen molar-refractivity contribution in [2.24, 2.45) is 0 Å².